The van der Waals surface area contributed by atoms with Gasteiger partial charge in [0.1, 0.15) is 5.82 Å². The summed E-state index contributed by atoms with van der Waals surface area (Å²) in [6.07, 6.45) is 2.71. The van der Waals surface area contributed by atoms with E-state index >= 15 is 0 Å². The number of hydrogen-bond acceptors (Lipinski definition) is 4. The van der Waals surface area contributed by atoms with Crippen LogP contribution >= 0.6 is 0 Å². The first kappa shape index (κ1) is 17.4. The average Bonchev–Trinajstić information content (AvgIpc) is 3.16. The fourth-order valence-corrected chi connectivity index (χ4v) is 2.99. The van der Waals surface area contributed by atoms with Crippen LogP contribution in [0.2, 0.25) is 0 Å². The molecule has 1 aliphatic heterocycles. The number of nitrogens with one attached hydrogen (secondary N) is 2. The molecule has 0 saturated carbocycles. The lowest BCUT2D eigenvalue weighted by Gasteiger charge is -2.23. The smallest absolute Gasteiger partial charge is 0.319 e. The van der Waals surface area contributed by atoms with Gasteiger partial charge in [-0.15, -0.1) is 10.2 Å². The van der Waals surface area contributed by atoms with Gasteiger partial charge in [-0.3, -0.25) is 0 Å². The first-order chi connectivity index (χ1) is 12.0. The standard InChI is InChI=1S/C18H25N5O2/c1-18(2,8-10-24)12-19-17(25)20-14-6-3-5-13(11-14)16-22-21-15-7-4-9-23(15)16/h3,5-6,11,24H,4,7-10,12H2,1-2H3,(H2,19,20,25). The number of aliphatic hydroxyl groups is 1. The maximum absolute atomic E-state index is 12.1. The number of aliphatic hydroxyl groups excluding tert-OH is 1. The molecule has 0 atom stereocenters. The molecule has 0 fully saturated rings. The molecule has 25 heavy (non-hydrogen) atoms. The van der Waals surface area contributed by atoms with Crippen LogP contribution in [-0.4, -0.2) is 39.1 Å². The number of amides is 2. The molecule has 0 saturated heterocycles. The number of nitrogens with zero attached hydrogens (tertiary/aromatic N) is 3. The Morgan fingerprint density at radius 1 is 1.36 bits per heavy atom. The van der Waals surface area contributed by atoms with E-state index in [1.54, 1.807) is 0 Å². The first-order valence-electron chi connectivity index (χ1n) is 8.67. The second-order valence-electron chi connectivity index (χ2n) is 7.22. The van der Waals surface area contributed by atoms with Crippen molar-refractivity contribution in [3.63, 3.8) is 0 Å². The van der Waals surface area contributed by atoms with E-state index in [0.29, 0.717) is 18.7 Å². The Morgan fingerprint density at radius 3 is 3.00 bits per heavy atom. The molecule has 1 aromatic heterocycles. The molecule has 1 aromatic carbocycles. The van der Waals surface area contributed by atoms with Crippen molar-refractivity contribution in [2.45, 2.75) is 39.7 Å². The summed E-state index contributed by atoms with van der Waals surface area (Å²) in [6.45, 7) is 5.57. The van der Waals surface area contributed by atoms with E-state index in [4.69, 9.17) is 5.11 Å². The minimum absolute atomic E-state index is 0.112. The van der Waals surface area contributed by atoms with Gasteiger partial charge < -0.3 is 20.3 Å². The Hall–Kier alpha value is -2.41. The predicted octanol–water partition coefficient (Wildman–Crippen LogP) is 2.42. The third-order valence-corrected chi connectivity index (χ3v) is 4.50. The van der Waals surface area contributed by atoms with Crippen molar-refractivity contribution in [1.29, 1.82) is 0 Å². The molecule has 134 valence electrons. The minimum atomic E-state index is -0.255. The van der Waals surface area contributed by atoms with Gasteiger partial charge in [0, 0.05) is 37.4 Å². The molecular formula is C18H25N5O2. The molecule has 0 unspecified atom stereocenters. The number of hydrogen-bond donors (Lipinski definition) is 3. The van der Waals surface area contributed by atoms with Crippen molar-refractivity contribution in [3.05, 3.63) is 30.1 Å². The Balaban J connectivity index is 1.65. The van der Waals surface area contributed by atoms with Crippen LogP contribution in [0.25, 0.3) is 11.4 Å². The Kier molecular flexibility index (Phi) is 5.03. The van der Waals surface area contributed by atoms with Gasteiger partial charge in [-0.25, -0.2) is 4.79 Å². The van der Waals surface area contributed by atoms with E-state index in [2.05, 4.69) is 25.4 Å². The summed E-state index contributed by atoms with van der Waals surface area (Å²) in [5.41, 5.74) is 1.51. The molecule has 0 radical (unpaired) electrons. The second-order valence-corrected chi connectivity index (χ2v) is 7.22. The summed E-state index contributed by atoms with van der Waals surface area (Å²) in [5, 5.41) is 23.3. The van der Waals surface area contributed by atoms with E-state index < -0.39 is 0 Å². The van der Waals surface area contributed by atoms with Gasteiger partial charge in [-0.2, -0.15) is 0 Å². The fraction of sp³-hybridized carbons (Fsp3) is 0.500. The number of carbonyl (C=O) groups excluding carboxylic acids is 1. The Labute approximate surface area is 147 Å². The van der Waals surface area contributed by atoms with Crippen molar-refractivity contribution < 1.29 is 9.90 Å². The SMILES string of the molecule is CC(C)(CCO)CNC(=O)Nc1cccc(-c2nnc3n2CCC3)c1. The number of anilines is 1. The molecule has 0 spiro atoms. The van der Waals surface area contributed by atoms with Crippen molar-refractivity contribution in [2.24, 2.45) is 5.41 Å². The minimum Gasteiger partial charge on any atom is -0.396 e. The van der Waals surface area contributed by atoms with Crippen LogP contribution in [0.15, 0.2) is 24.3 Å². The molecule has 2 heterocycles. The molecule has 1 aliphatic rings. The molecule has 7 nitrogen and oxygen atoms in total. The normalized spacial score (nSPS) is 13.6. The molecule has 3 N–H and O–H groups in total. The summed E-state index contributed by atoms with van der Waals surface area (Å²) in [7, 11) is 0. The highest BCUT2D eigenvalue weighted by atomic mass is 16.3. The van der Waals surface area contributed by atoms with Gasteiger partial charge in [0.15, 0.2) is 5.82 Å². The van der Waals surface area contributed by atoms with Crippen LogP contribution in [0.1, 0.15) is 32.5 Å². The van der Waals surface area contributed by atoms with Gasteiger partial charge in [0.2, 0.25) is 0 Å². The fourth-order valence-electron chi connectivity index (χ4n) is 2.99. The van der Waals surface area contributed by atoms with Gasteiger partial charge in [0.25, 0.3) is 0 Å². The molecule has 3 rings (SSSR count). The van der Waals surface area contributed by atoms with Crippen LogP contribution in [0.4, 0.5) is 10.5 Å². The lowest BCUT2D eigenvalue weighted by molar-refractivity contribution is 0.204. The predicted molar refractivity (Wildman–Crippen MR) is 96.3 cm³/mol. The van der Waals surface area contributed by atoms with Crippen molar-refractivity contribution >= 4 is 11.7 Å². The summed E-state index contributed by atoms with van der Waals surface area (Å²) in [4.78, 5) is 12.1. The molecule has 2 amide bonds. The van der Waals surface area contributed by atoms with Gasteiger partial charge >= 0.3 is 6.03 Å². The zero-order chi connectivity index (χ0) is 17.9. The van der Waals surface area contributed by atoms with Crippen molar-refractivity contribution in [2.75, 3.05) is 18.5 Å². The Bertz CT molecular complexity index is 754. The molecule has 7 heteroatoms. The van der Waals surface area contributed by atoms with Gasteiger partial charge in [-0.1, -0.05) is 26.0 Å². The van der Waals surface area contributed by atoms with Crippen molar-refractivity contribution in [3.8, 4) is 11.4 Å². The van der Waals surface area contributed by atoms with Crippen LogP contribution < -0.4 is 10.6 Å². The maximum atomic E-state index is 12.1. The van der Waals surface area contributed by atoms with Gasteiger partial charge in [-0.05, 0) is 30.4 Å². The van der Waals surface area contributed by atoms with E-state index in [0.717, 1.165) is 36.6 Å². The lowest BCUT2D eigenvalue weighted by atomic mass is 9.90. The summed E-state index contributed by atoms with van der Waals surface area (Å²) >= 11 is 0. The average molecular weight is 343 g/mol. The third kappa shape index (κ3) is 4.17. The topological polar surface area (TPSA) is 92.1 Å². The number of aromatic nitrogens is 3. The van der Waals surface area contributed by atoms with E-state index in [-0.39, 0.29) is 18.1 Å². The number of rotatable bonds is 6. The highest BCUT2D eigenvalue weighted by Crippen LogP contribution is 2.25. The summed E-state index contributed by atoms with van der Waals surface area (Å²) in [5.74, 6) is 1.87. The van der Waals surface area contributed by atoms with Crippen LogP contribution in [-0.2, 0) is 13.0 Å². The molecule has 0 bridgehead atoms. The largest absolute Gasteiger partial charge is 0.396 e. The molecule has 2 aromatic rings. The molecule has 0 aliphatic carbocycles. The molecular weight excluding hydrogens is 318 g/mol. The summed E-state index contributed by atoms with van der Waals surface area (Å²) in [6, 6.07) is 7.38. The van der Waals surface area contributed by atoms with Gasteiger partial charge in [0.05, 0.1) is 0 Å². The highest BCUT2D eigenvalue weighted by molar-refractivity contribution is 5.89. The maximum Gasteiger partial charge on any atom is 0.319 e. The first-order valence-corrected chi connectivity index (χ1v) is 8.67. The lowest BCUT2D eigenvalue weighted by Crippen LogP contribution is -2.37. The van der Waals surface area contributed by atoms with Crippen LogP contribution in [0, 0.1) is 5.41 Å². The number of carbonyl (C=O) groups is 1. The Morgan fingerprint density at radius 2 is 2.20 bits per heavy atom. The van der Waals surface area contributed by atoms with E-state index in [1.165, 1.54) is 0 Å². The summed E-state index contributed by atoms with van der Waals surface area (Å²) < 4.78 is 2.14. The van der Waals surface area contributed by atoms with E-state index in [9.17, 15) is 4.79 Å². The highest BCUT2D eigenvalue weighted by Gasteiger charge is 2.20. The van der Waals surface area contributed by atoms with Crippen LogP contribution in [0.3, 0.4) is 0 Å². The zero-order valence-electron chi connectivity index (χ0n) is 14.7. The second kappa shape index (κ2) is 7.23. The number of urea groups is 1. The number of benzene rings is 1. The third-order valence-electron chi connectivity index (χ3n) is 4.50. The zero-order valence-corrected chi connectivity index (χ0v) is 14.7. The van der Waals surface area contributed by atoms with Crippen molar-refractivity contribution in [1.82, 2.24) is 20.1 Å². The van der Waals surface area contributed by atoms with E-state index in [1.807, 2.05) is 38.1 Å². The quantitative estimate of drug-likeness (QED) is 0.751. The number of fused-ring (bicyclic) bond motifs is 1. The van der Waals surface area contributed by atoms with Crippen LogP contribution in [0.5, 0.6) is 0 Å². The monoisotopic (exact) mass is 343 g/mol. The number of aryl methyl sites for hydroxylation is 1.